The molecule has 0 unspecified atom stereocenters. The molecule has 2 aromatic rings. The SMILES string of the molecule is O=C(/C(=C/c1ccccc1)C(=O)C(F)(F)F)c1ccc(Cl)cc1. The van der Waals surface area contributed by atoms with Gasteiger partial charge in [0.1, 0.15) is 0 Å². The van der Waals surface area contributed by atoms with Crippen LogP contribution in [0, 0.1) is 0 Å². The maximum atomic E-state index is 12.8. The van der Waals surface area contributed by atoms with Gasteiger partial charge in [-0.05, 0) is 35.9 Å². The number of halogens is 4. The highest BCUT2D eigenvalue weighted by molar-refractivity contribution is 6.32. The number of alkyl halides is 3. The Morgan fingerprint density at radius 1 is 0.913 bits per heavy atom. The third kappa shape index (κ3) is 4.29. The number of benzene rings is 2. The second-order valence-corrected chi connectivity index (χ2v) is 5.07. The second-order valence-electron chi connectivity index (χ2n) is 4.63. The number of Topliss-reactive ketones (excluding diaryl/α,β-unsaturated/α-hetero) is 2. The van der Waals surface area contributed by atoms with E-state index in [2.05, 4.69) is 0 Å². The van der Waals surface area contributed by atoms with E-state index in [1.54, 1.807) is 18.2 Å². The molecular weight excluding hydrogens is 329 g/mol. The predicted molar refractivity (Wildman–Crippen MR) is 81.3 cm³/mol. The smallest absolute Gasteiger partial charge is 0.288 e. The van der Waals surface area contributed by atoms with Crippen molar-refractivity contribution in [3.8, 4) is 0 Å². The largest absolute Gasteiger partial charge is 0.455 e. The van der Waals surface area contributed by atoms with Gasteiger partial charge in [-0.2, -0.15) is 13.2 Å². The van der Waals surface area contributed by atoms with Crippen LogP contribution in [0.5, 0.6) is 0 Å². The zero-order chi connectivity index (χ0) is 17.0. The Labute approximate surface area is 135 Å². The minimum atomic E-state index is -5.14. The van der Waals surface area contributed by atoms with Gasteiger partial charge in [-0.15, -0.1) is 0 Å². The summed E-state index contributed by atoms with van der Waals surface area (Å²) in [6, 6.07) is 13.1. The number of allylic oxidation sites excluding steroid dienone is 1. The molecule has 0 aliphatic rings. The van der Waals surface area contributed by atoms with Gasteiger partial charge < -0.3 is 0 Å². The van der Waals surface area contributed by atoms with E-state index in [-0.39, 0.29) is 5.56 Å². The molecule has 23 heavy (non-hydrogen) atoms. The second kappa shape index (κ2) is 6.79. The molecule has 0 aliphatic carbocycles. The van der Waals surface area contributed by atoms with Crippen molar-refractivity contribution in [2.75, 3.05) is 0 Å². The lowest BCUT2D eigenvalue weighted by Crippen LogP contribution is -2.28. The molecule has 0 radical (unpaired) electrons. The van der Waals surface area contributed by atoms with Gasteiger partial charge in [0.25, 0.3) is 5.78 Å². The first-order chi connectivity index (χ1) is 10.8. The first-order valence-electron chi connectivity index (χ1n) is 6.47. The summed E-state index contributed by atoms with van der Waals surface area (Å²) in [6.07, 6.45) is -4.20. The van der Waals surface area contributed by atoms with Crippen LogP contribution in [0.4, 0.5) is 13.2 Å². The minimum absolute atomic E-state index is 0.0471. The molecule has 0 aliphatic heterocycles. The van der Waals surface area contributed by atoms with Crippen LogP contribution in [0.3, 0.4) is 0 Å². The molecule has 0 bridgehead atoms. The summed E-state index contributed by atoms with van der Waals surface area (Å²) >= 11 is 5.69. The van der Waals surface area contributed by atoms with Crippen molar-refractivity contribution < 1.29 is 22.8 Å². The van der Waals surface area contributed by atoms with Crippen LogP contribution in [-0.4, -0.2) is 17.7 Å². The standard InChI is InChI=1S/C17H10ClF3O2/c18-13-8-6-12(7-9-13)15(22)14(16(23)17(19,20)21)10-11-4-2-1-3-5-11/h1-10H/b14-10-. The molecule has 0 spiro atoms. The van der Waals surface area contributed by atoms with Crippen molar-refractivity contribution >= 4 is 29.2 Å². The van der Waals surface area contributed by atoms with Crippen LogP contribution in [0.1, 0.15) is 15.9 Å². The van der Waals surface area contributed by atoms with Gasteiger partial charge in [0.05, 0.1) is 5.57 Å². The van der Waals surface area contributed by atoms with E-state index in [9.17, 15) is 22.8 Å². The molecule has 0 N–H and O–H groups in total. The maximum Gasteiger partial charge on any atom is 0.455 e. The van der Waals surface area contributed by atoms with Crippen LogP contribution >= 0.6 is 11.6 Å². The van der Waals surface area contributed by atoms with Gasteiger partial charge in [-0.25, -0.2) is 0 Å². The molecule has 0 heterocycles. The first-order valence-corrected chi connectivity index (χ1v) is 6.85. The molecule has 2 rings (SSSR count). The van der Waals surface area contributed by atoms with E-state index < -0.39 is 23.3 Å². The Morgan fingerprint density at radius 2 is 1.48 bits per heavy atom. The fourth-order valence-corrected chi connectivity index (χ4v) is 1.99. The number of ketones is 2. The molecule has 0 amide bonds. The summed E-state index contributed by atoms with van der Waals surface area (Å²) < 4.78 is 38.3. The van der Waals surface area contributed by atoms with E-state index in [4.69, 9.17) is 11.6 Å². The van der Waals surface area contributed by atoms with Crippen molar-refractivity contribution in [3.05, 3.63) is 76.3 Å². The Morgan fingerprint density at radius 3 is 2.00 bits per heavy atom. The average molecular weight is 339 g/mol. The molecule has 2 aromatic carbocycles. The summed E-state index contributed by atoms with van der Waals surface area (Å²) in [5.41, 5.74) is -0.664. The zero-order valence-electron chi connectivity index (χ0n) is 11.6. The number of carbonyl (C=O) groups is 2. The molecule has 118 valence electrons. The number of carbonyl (C=O) groups excluding carboxylic acids is 2. The Hall–Kier alpha value is -2.40. The van der Waals surface area contributed by atoms with Crippen molar-refractivity contribution in [2.45, 2.75) is 6.18 Å². The number of hydrogen-bond acceptors (Lipinski definition) is 2. The van der Waals surface area contributed by atoms with Gasteiger partial charge in [0.2, 0.25) is 0 Å². The summed E-state index contributed by atoms with van der Waals surface area (Å²) in [4.78, 5) is 23.9. The van der Waals surface area contributed by atoms with Crippen molar-refractivity contribution in [1.82, 2.24) is 0 Å². The quantitative estimate of drug-likeness (QED) is 0.349. The Bertz CT molecular complexity index is 748. The minimum Gasteiger partial charge on any atom is -0.288 e. The van der Waals surface area contributed by atoms with Crippen molar-refractivity contribution in [2.24, 2.45) is 0 Å². The van der Waals surface area contributed by atoms with E-state index in [0.29, 0.717) is 10.6 Å². The topological polar surface area (TPSA) is 34.1 Å². The molecule has 6 heteroatoms. The fraction of sp³-hybridized carbons (Fsp3) is 0.0588. The lowest BCUT2D eigenvalue weighted by molar-refractivity contribution is -0.166. The third-order valence-corrected chi connectivity index (χ3v) is 3.22. The highest BCUT2D eigenvalue weighted by atomic mass is 35.5. The van der Waals surface area contributed by atoms with Crippen LogP contribution in [-0.2, 0) is 4.79 Å². The van der Waals surface area contributed by atoms with Crippen LogP contribution in [0.15, 0.2) is 60.2 Å². The summed E-state index contributed by atoms with van der Waals surface area (Å²) in [5.74, 6) is -3.19. The summed E-state index contributed by atoms with van der Waals surface area (Å²) in [5, 5.41) is 0.331. The van der Waals surface area contributed by atoms with Gasteiger partial charge >= 0.3 is 6.18 Å². The predicted octanol–water partition coefficient (Wildman–Crippen LogP) is 4.74. The zero-order valence-corrected chi connectivity index (χ0v) is 12.4. The first kappa shape index (κ1) is 17.0. The monoisotopic (exact) mass is 338 g/mol. The van der Waals surface area contributed by atoms with E-state index in [0.717, 1.165) is 6.08 Å². The van der Waals surface area contributed by atoms with Crippen molar-refractivity contribution in [3.63, 3.8) is 0 Å². The number of hydrogen-bond donors (Lipinski definition) is 0. The molecule has 0 saturated carbocycles. The lowest BCUT2D eigenvalue weighted by atomic mass is 9.97. The van der Waals surface area contributed by atoms with Gasteiger partial charge in [0, 0.05) is 10.6 Å². The molecule has 2 nitrogen and oxygen atoms in total. The summed E-state index contributed by atoms with van der Waals surface area (Å²) in [6.45, 7) is 0. The fourth-order valence-electron chi connectivity index (χ4n) is 1.86. The molecular formula is C17H10ClF3O2. The molecule has 0 fully saturated rings. The maximum absolute atomic E-state index is 12.8. The molecule has 0 saturated heterocycles. The highest BCUT2D eigenvalue weighted by Crippen LogP contribution is 2.25. The normalized spacial score (nSPS) is 12.1. The van der Waals surface area contributed by atoms with E-state index in [1.165, 1.54) is 36.4 Å². The van der Waals surface area contributed by atoms with Crippen LogP contribution < -0.4 is 0 Å². The average Bonchev–Trinajstić information content (AvgIpc) is 2.52. The van der Waals surface area contributed by atoms with Crippen molar-refractivity contribution in [1.29, 1.82) is 0 Å². The Balaban J connectivity index is 2.49. The molecule has 0 atom stereocenters. The van der Waals surface area contributed by atoms with Crippen LogP contribution in [0.2, 0.25) is 5.02 Å². The molecule has 0 aromatic heterocycles. The summed E-state index contributed by atoms with van der Waals surface area (Å²) in [7, 11) is 0. The highest BCUT2D eigenvalue weighted by Gasteiger charge is 2.42. The lowest BCUT2D eigenvalue weighted by Gasteiger charge is -2.09. The third-order valence-electron chi connectivity index (χ3n) is 2.96. The van der Waals surface area contributed by atoms with Gasteiger partial charge in [0.15, 0.2) is 5.78 Å². The van der Waals surface area contributed by atoms with Gasteiger partial charge in [-0.3, -0.25) is 9.59 Å². The van der Waals surface area contributed by atoms with Gasteiger partial charge in [-0.1, -0.05) is 41.9 Å². The number of rotatable bonds is 4. The van der Waals surface area contributed by atoms with E-state index in [1.807, 2.05) is 0 Å². The van der Waals surface area contributed by atoms with E-state index >= 15 is 0 Å². The van der Waals surface area contributed by atoms with Crippen LogP contribution in [0.25, 0.3) is 6.08 Å². The Kier molecular flexibility index (Phi) is 5.01.